The Morgan fingerprint density at radius 1 is 1.11 bits per heavy atom. The number of rotatable bonds is 6. The number of hydrogen-bond donors (Lipinski definition) is 3. The summed E-state index contributed by atoms with van der Waals surface area (Å²) in [4.78, 5) is 11.1. The maximum atomic E-state index is 13.8. The van der Waals surface area contributed by atoms with Gasteiger partial charge in [0.05, 0.1) is 11.3 Å². The average molecular weight is 403 g/mol. The maximum absolute atomic E-state index is 13.8. The van der Waals surface area contributed by atoms with E-state index in [0.717, 1.165) is 0 Å². The monoisotopic (exact) mass is 403 g/mol. The number of carbonyl (C=O) groups is 1. The number of carboxylic acids is 1. The van der Waals surface area contributed by atoms with Gasteiger partial charge in [0.2, 0.25) is 10.0 Å². The molecule has 3 aromatic rings. The molecule has 3 N–H and O–H groups in total. The second-order valence-corrected chi connectivity index (χ2v) is 8.19. The van der Waals surface area contributed by atoms with Crippen LogP contribution >= 0.6 is 0 Å². The number of halogens is 1. The van der Waals surface area contributed by atoms with E-state index in [9.17, 15) is 22.7 Å². The highest BCUT2D eigenvalue weighted by molar-refractivity contribution is 7.89. The molecule has 1 unspecified atom stereocenters. The third-order valence-corrected chi connectivity index (χ3v) is 5.86. The van der Waals surface area contributed by atoms with Crippen molar-refractivity contribution in [2.24, 2.45) is 0 Å². The molecule has 8 heteroatoms. The van der Waals surface area contributed by atoms with Gasteiger partial charge in [0.1, 0.15) is 11.9 Å². The number of aliphatic carboxylic acids is 1. The van der Waals surface area contributed by atoms with Gasteiger partial charge in [0, 0.05) is 0 Å². The summed E-state index contributed by atoms with van der Waals surface area (Å²) >= 11 is 0. The van der Waals surface area contributed by atoms with Gasteiger partial charge in [-0.2, -0.15) is 0 Å². The molecule has 0 amide bonds. The quantitative estimate of drug-likeness (QED) is 0.587. The van der Waals surface area contributed by atoms with Crippen LogP contribution in [0.3, 0.4) is 0 Å². The summed E-state index contributed by atoms with van der Waals surface area (Å²) in [5, 5.41) is 21.0. The fraction of sp³-hybridized carbons (Fsp3) is 0.150. The average Bonchev–Trinajstić information content (AvgIpc) is 2.66. The Kier molecular flexibility index (Phi) is 5.46. The van der Waals surface area contributed by atoms with Crippen LogP contribution < -0.4 is 4.72 Å². The highest BCUT2D eigenvalue weighted by Crippen LogP contribution is 2.31. The lowest BCUT2D eigenvalue weighted by Gasteiger charge is -2.16. The van der Waals surface area contributed by atoms with Gasteiger partial charge < -0.3 is 10.2 Å². The molecule has 0 radical (unpaired) electrons. The Balaban J connectivity index is 2.10. The van der Waals surface area contributed by atoms with Crippen LogP contribution in [0.25, 0.3) is 10.8 Å². The molecule has 3 aromatic carbocycles. The van der Waals surface area contributed by atoms with Crippen LogP contribution in [-0.2, 0) is 21.2 Å². The number of hydrogen-bond acceptors (Lipinski definition) is 4. The molecule has 0 saturated heterocycles. The fourth-order valence-electron chi connectivity index (χ4n) is 3.05. The number of carboxylic acid groups (broad SMARTS) is 1. The van der Waals surface area contributed by atoms with Crippen molar-refractivity contribution in [2.75, 3.05) is 7.05 Å². The van der Waals surface area contributed by atoms with Crippen LogP contribution in [0, 0.1) is 5.82 Å². The van der Waals surface area contributed by atoms with Crippen molar-refractivity contribution in [3.63, 3.8) is 0 Å². The van der Waals surface area contributed by atoms with Crippen molar-refractivity contribution < 1.29 is 27.8 Å². The molecule has 1 atom stereocenters. The normalized spacial score (nSPS) is 12.8. The summed E-state index contributed by atoms with van der Waals surface area (Å²) in [6.45, 7) is 0. The van der Waals surface area contributed by atoms with Crippen molar-refractivity contribution in [3.05, 3.63) is 77.1 Å². The number of benzene rings is 3. The lowest BCUT2D eigenvalue weighted by atomic mass is 9.93. The molecule has 0 bridgehead atoms. The Morgan fingerprint density at radius 2 is 1.79 bits per heavy atom. The van der Waals surface area contributed by atoms with E-state index < -0.39 is 27.9 Å². The third kappa shape index (κ3) is 4.04. The number of nitrogens with one attached hydrogen (secondary N) is 1. The SMILES string of the molecule is CNS(=O)(=O)c1ccc(C(O)c2cc(CC(=O)O)cc3ccc(F)cc23)cc1. The van der Waals surface area contributed by atoms with Gasteiger partial charge in [-0.15, -0.1) is 0 Å². The molecule has 0 aliphatic heterocycles. The Morgan fingerprint density at radius 3 is 2.39 bits per heavy atom. The zero-order valence-electron chi connectivity index (χ0n) is 14.9. The second-order valence-electron chi connectivity index (χ2n) is 6.30. The molecular weight excluding hydrogens is 385 g/mol. The summed E-state index contributed by atoms with van der Waals surface area (Å²) < 4.78 is 39.7. The molecule has 0 aliphatic carbocycles. The van der Waals surface area contributed by atoms with Gasteiger partial charge in [-0.05, 0) is 58.8 Å². The van der Waals surface area contributed by atoms with Gasteiger partial charge >= 0.3 is 5.97 Å². The molecule has 0 saturated carbocycles. The number of aliphatic hydroxyl groups is 1. The van der Waals surface area contributed by atoms with Crippen LogP contribution in [0.1, 0.15) is 22.8 Å². The van der Waals surface area contributed by atoms with E-state index in [1.165, 1.54) is 55.6 Å². The molecule has 6 nitrogen and oxygen atoms in total. The van der Waals surface area contributed by atoms with E-state index in [1.54, 1.807) is 6.07 Å². The fourth-order valence-corrected chi connectivity index (χ4v) is 3.78. The van der Waals surface area contributed by atoms with Crippen LogP contribution in [-0.4, -0.2) is 31.6 Å². The van der Waals surface area contributed by atoms with E-state index >= 15 is 0 Å². The first-order chi connectivity index (χ1) is 13.2. The third-order valence-electron chi connectivity index (χ3n) is 4.43. The van der Waals surface area contributed by atoms with E-state index in [0.29, 0.717) is 27.5 Å². The first-order valence-corrected chi connectivity index (χ1v) is 9.85. The van der Waals surface area contributed by atoms with Crippen LogP contribution in [0.2, 0.25) is 0 Å². The van der Waals surface area contributed by atoms with Crippen molar-refractivity contribution in [3.8, 4) is 0 Å². The topological polar surface area (TPSA) is 104 Å². The predicted molar refractivity (Wildman–Crippen MR) is 102 cm³/mol. The summed E-state index contributed by atoms with van der Waals surface area (Å²) in [5.74, 6) is -1.51. The van der Waals surface area contributed by atoms with Crippen LogP contribution in [0.4, 0.5) is 4.39 Å². The van der Waals surface area contributed by atoms with Gasteiger partial charge in [0.25, 0.3) is 0 Å². The minimum Gasteiger partial charge on any atom is -0.481 e. The lowest BCUT2D eigenvalue weighted by Crippen LogP contribution is -2.18. The molecule has 0 aromatic heterocycles. The van der Waals surface area contributed by atoms with Crippen molar-refractivity contribution in [1.82, 2.24) is 4.72 Å². The second kappa shape index (κ2) is 7.67. The molecular formula is C20H18FNO5S. The summed E-state index contributed by atoms with van der Waals surface area (Å²) in [6, 6.07) is 12.9. The van der Waals surface area contributed by atoms with Gasteiger partial charge in [-0.3, -0.25) is 4.79 Å². The molecule has 0 spiro atoms. The first-order valence-electron chi connectivity index (χ1n) is 8.37. The Labute approximate surface area is 161 Å². The molecule has 3 rings (SSSR count). The molecule has 146 valence electrons. The summed E-state index contributed by atoms with van der Waals surface area (Å²) in [7, 11) is -2.31. The molecule has 0 heterocycles. The van der Waals surface area contributed by atoms with Gasteiger partial charge in [-0.1, -0.05) is 30.3 Å². The summed E-state index contributed by atoms with van der Waals surface area (Å²) in [6.07, 6.45) is -1.43. The van der Waals surface area contributed by atoms with E-state index in [-0.39, 0.29) is 11.3 Å². The summed E-state index contributed by atoms with van der Waals surface area (Å²) in [5.41, 5.74) is 1.21. The minimum absolute atomic E-state index is 0.0430. The van der Waals surface area contributed by atoms with Crippen molar-refractivity contribution >= 4 is 26.8 Å². The number of sulfonamides is 1. The molecule has 0 aliphatic rings. The standard InChI is InChI=1S/C20H18FNO5S/c1-22-28(26,27)16-6-3-13(4-7-16)20(25)18-9-12(10-19(23)24)8-14-2-5-15(21)11-17(14)18/h2-9,11,20,22,25H,10H2,1H3,(H,23,24). The lowest BCUT2D eigenvalue weighted by molar-refractivity contribution is -0.136. The Bertz CT molecular complexity index is 1140. The largest absolute Gasteiger partial charge is 0.481 e. The highest BCUT2D eigenvalue weighted by Gasteiger charge is 2.18. The maximum Gasteiger partial charge on any atom is 0.307 e. The minimum atomic E-state index is -3.61. The highest BCUT2D eigenvalue weighted by atomic mass is 32.2. The van der Waals surface area contributed by atoms with Gasteiger partial charge in [-0.25, -0.2) is 17.5 Å². The van der Waals surface area contributed by atoms with Crippen molar-refractivity contribution in [1.29, 1.82) is 0 Å². The number of fused-ring (bicyclic) bond motifs is 1. The van der Waals surface area contributed by atoms with Crippen LogP contribution in [0.15, 0.2) is 59.5 Å². The predicted octanol–water partition coefficient (Wildman–Crippen LogP) is 2.60. The van der Waals surface area contributed by atoms with Crippen LogP contribution in [0.5, 0.6) is 0 Å². The number of aliphatic hydroxyl groups excluding tert-OH is 1. The Hall–Kier alpha value is -2.81. The van der Waals surface area contributed by atoms with Crippen molar-refractivity contribution in [2.45, 2.75) is 17.4 Å². The zero-order chi connectivity index (χ0) is 20.5. The zero-order valence-corrected chi connectivity index (χ0v) is 15.7. The van der Waals surface area contributed by atoms with E-state index in [2.05, 4.69) is 4.72 Å². The van der Waals surface area contributed by atoms with Gasteiger partial charge in [0.15, 0.2) is 0 Å². The van der Waals surface area contributed by atoms with E-state index in [1.807, 2.05) is 0 Å². The smallest absolute Gasteiger partial charge is 0.307 e. The molecule has 0 fully saturated rings. The van der Waals surface area contributed by atoms with E-state index in [4.69, 9.17) is 5.11 Å². The molecule has 28 heavy (non-hydrogen) atoms. The first kappa shape index (κ1) is 19.9.